The molecule has 7 heteroatoms. The van der Waals surface area contributed by atoms with E-state index >= 15 is 0 Å². The van der Waals surface area contributed by atoms with Crippen molar-refractivity contribution < 1.29 is 19.4 Å². The summed E-state index contributed by atoms with van der Waals surface area (Å²) in [5, 5.41) is 14.0. The molecular formula is C19H22N2O4S. The van der Waals surface area contributed by atoms with Gasteiger partial charge in [0.1, 0.15) is 17.5 Å². The first kappa shape index (κ1) is 19.8. The van der Waals surface area contributed by atoms with Crippen LogP contribution >= 0.6 is 11.8 Å². The molecule has 6 nitrogen and oxygen atoms in total. The number of aliphatic hydroxyl groups is 1. The lowest BCUT2D eigenvalue weighted by Gasteiger charge is -2.17. The van der Waals surface area contributed by atoms with Gasteiger partial charge in [-0.1, -0.05) is 18.2 Å². The first-order chi connectivity index (χ1) is 12.6. The Morgan fingerprint density at radius 3 is 2.35 bits per heavy atom. The van der Waals surface area contributed by atoms with Gasteiger partial charge in [0.25, 0.3) is 0 Å². The first-order valence-corrected chi connectivity index (χ1v) is 9.18. The molecule has 0 spiro atoms. The second-order valence-corrected chi connectivity index (χ2v) is 6.56. The molecule has 0 heterocycles. The van der Waals surface area contributed by atoms with Gasteiger partial charge in [0.05, 0.1) is 6.61 Å². The van der Waals surface area contributed by atoms with E-state index in [9.17, 15) is 9.59 Å². The molecule has 0 bridgehead atoms. The summed E-state index contributed by atoms with van der Waals surface area (Å²) in [6, 6.07) is 16.4. The van der Waals surface area contributed by atoms with E-state index in [1.54, 1.807) is 0 Å². The summed E-state index contributed by atoms with van der Waals surface area (Å²) < 4.78 is 5.74. The van der Waals surface area contributed by atoms with Crippen molar-refractivity contribution >= 4 is 23.6 Å². The lowest BCUT2D eigenvalue weighted by molar-refractivity contribution is -0.127. The molecule has 2 aromatic rings. The number of nitrogens with one attached hydrogen (secondary N) is 2. The zero-order valence-electron chi connectivity index (χ0n) is 14.5. The largest absolute Gasteiger partial charge is 0.457 e. The standard InChI is InChI=1S/C19H22N2O4S/c1-14(23)21-18(19(24)20-11-12-22)13-26-17-9-7-16(8-10-17)25-15-5-3-2-4-6-15/h2-10,18,22H,11-13H2,1H3,(H,20,24)(H,21,23). The van der Waals surface area contributed by atoms with E-state index in [1.165, 1.54) is 18.7 Å². The van der Waals surface area contributed by atoms with E-state index in [-0.39, 0.29) is 25.0 Å². The predicted molar refractivity (Wildman–Crippen MR) is 101 cm³/mol. The van der Waals surface area contributed by atoms with Crippen molar-refractivity contribution in [2.45, 2.75) is 17.9 Å². The fourth-order valence-electron chi connectivity index (χ4n) is 2.14. The van der Waals surface area contributed by atoms with E-state index in [0.717, 1.165) is 16.4 Å². The highest BCUT2D eigenvalue weighted by molar-refractivity contribution is 7.99. The first-order valence-electron chi connectivity index (χ1n) is 8.20. The van der Waals surface area contributed by atoms with Crippen LogP contribution in [-0.2, 0) is 9.59 Å². The fraction of sp³-hybridized carbons (Fsp3) is 0.263. The van der Waals surface area contributed by atoms with Crippen molar-refractivity contribution in [3.63, 3.8) is 0 Å². The average molecular weight is 374 g/mol. The van der Waals surface area contributed by atoms with Crippen LogP contribution < -0.4 is 15.4 Å². The molecule has 1 atom stereocenters. The number of amides is 2. The van der Waals surface area contributed by atoms with E-state index in [0.29, 0.717) is 5.75 Å². The van der Waals surface area contributed by atoms with Crippen molar-refractivity contribution in [3.05, 3.63) is 54.6 Å². The number of hydrogen-bond donors (Lipinski definition) is 3. The Hall–Kier alpha value is -2.51. The van der Waals surface area contributed by atoms with E-state index in [1.807, 2.05) is 54.6 Å². The predicted octanol–water partition coefficient (Wildman–Crippen LogP) is 2.18. The topological polar surface area (TPSA) is 87.7 Å². The summed E-state index contributed by atoms with van der Waals surface area (Å²) in [7, 11) is 0. The Morgan fingerprint density at radius 2 is 1.73 bits per heavy atom. The van der Waals surface area contributed by atoms with Crippen LogP contribution in [0.1, 0.15) is 6.92 Å². The molecule has 1 unspecified atom stereocenters. The van der Waals surface area contributed by atoms with Gasteiger partial charge in [-0.25, -0.2) is 0 Å². The van der Waals surface area contributed by atoms with Crippen LogP contribution in [0, 0.1) is 0 Å². The molecule has 2 amide bonds. The maximum Gasteiger partial charge on any atom is 0.243 e. The molecule has 0 aromatic heterocycles. The fourth-order valence-corrected chi connectivity index (χ4v) is 3.06. The molecule has 0 fully saturated rings. The quantitative estimate of drug-likeness (QED) is 0.586. The summed E-state index contributed by atoms with van der Waals surface area (Å²) in [5.41, 5.74) is 0. The smallest absolute Gasteiger partial charge is 0.243 e. The van der Waals surface area contributed by atoms with E-state index in [2.05, 4.69) is 10.6 Å². The summed E-state index contributed by atoms with van der Waals surface area (Å²) in [6.07, 6.45) is 0. The average Bonchev–Trinajstić information content (AvgIpc) is 2.65. The van der Waals surface area contributed by atoms with Gasteiger partial charge in [-0.05, 0) is 36.4 Å². The number of carbonyl (C=O) groups excluding carboxylic acids is 2. The van der Waals surface area contributed by atoms with Gasteiger partial charge in [0.15, 0.2) is 0 Å². The van der Waals surface area contributed by atoms with Crippen molar-refractivity contribution in [3.8, 4) is 11.5 Å². The minimum absolute atomic E-state index is 0.144. The number of ether oxygens (including phenoxy) is 1. The van der Waals surface area contributed by atoms with Gasteiger partial charge in [0, 0.05) is 24.1 Å². The molecule has 0 aliphatic heterocycles. The lowest BCUT2D eigenvalue weighted by atomic mass is 10.3. The molecule has 0 aliphatic carbocycles. The Bertz CT molecular complexity index is 707. The highest BCUT2D eigenvalue weighted by Gasteiger charge is 2.19. The molecule has 0 saturated heterocycles. The maximum atomic E-state index is 12.0. The number of para-hydroxylation sites is 1. The highest BCUT2D eigenvalue weighted by Crippen LogP contribution is 2.25. The molecule has 0 aliphatic rings. The van der Waals surface area contributed by atoms with Gasteiger partial charge in [-0.2, -0.15) is 0 Å². The van der Waals surface area contributed by atoms with Crippen LogP contribution in [0.4, 0.5) is 0 Å². The second-order valence-electron chi connectivity index (χ2n) is 5.47. The van der Waals surface area contributed by atoms with Gasteiger partial charge >= 0.3 is 0 Å². The minimum Gasteiger partial charge on any atom is -0.457 e. The number of aliphatic hydroxyl groups excluding tert-OH is 1. The van der Waals surface area contributed by atoms with Gasteiger partial charge in [0.2, 0.25) is 11.8 Å². The van der Waals surface area contributed by atoms with Crippen LogP contribution in [0.2, 0.25) is 0 Å². The Kier molecular flexibility index (Phi) is 7.98. The number of thioether (sulfide) groups is 1. The van der Waals surface area contributed by atoms with E-state index < -0.39 is 6.04 Å². The molecular weight excluding hydrogens is 352 g/mol. The lowest BCUT2D eigenvalue weighted by Crippen LogP contribution is -2.48. The van der Waals surface area contributed by atoms with Crippen LogP contribution in [0.15, 0.2) is 59.5 Å². The van der Waals surface area contributed by atoms with Crippen molar-refractivity contribution in [1.82, 2.24) is 10.6 Å². The molecule has 138 valence electrons. The van der Waals surface area contributed by atoms with Crippen LogP contribution in [0.3, 0.4) is 0 Å². The van der Waals surface area contributed by atoms with Crippen LogP contribution in [0.25, 0.3) is 0 Å². The highest BCUT2D eigenvalue weighted by atomic mass is 32.2. The van der Waals surface area contributed by atoms with Gasteiger partial charge in [-0.15, -0.1) is 11.8 Å². The normalized spacial score (nSPS) is 11.5. The zero-order chi connectivity index (χ0) is 18.8. The number of hydrogen-bond acceptors (Lipinski definition) is 5. The maximum absolute atomic E-state index is 12.0. The molecule has 2 rings (SSSR count). The number of carbonyl (C=O) groups is 2. The third kappa shape index (κ3) is 6.78. The number of benzene rings is 2. The van der Waals surface area contributed by atoms with Crippen LogP contribution in [0.5, 0.6) is 11.5 Å². The Balaban J connectivity index is 1.91. The summed E-state index contributed by atoms with van der Waals surface area (Å²) in [5.74, 6) is 1.28. The van der Waals surface area contributed by atoms with E-state index in [4.69, 9.17) is 9.84 Å². The molecule has 0 radical (unpaired) electrons. The SMILES string of the molecule is CC(=O)NC(CSc1ccc(Oc2ccccc2)cc1)C(=O)NCCO. The van der Waals surface area contributed by atoms with Crippen molar-refractivity contribution in [1.29, 1.82) is 0 Å². The minimum atomic E-state index is -0.663. The monoisotopic (exact) mass is 374 g/mol. The third-order valence-electron chi connectivity index (χ3n) is 3.32. The summed E-state index contributed by atoms with van der Waals surface area (Å²) in [6.45, 7) is 1.38. The van der Waals surface area contributed by atoms with Gasteiger partial charge in [-0.3, -0.25) is 9.59 Å². The molecule has 3 N–H and O–H groups in total. The van der Waals surface area contributed by atoms with Crippen LogP contribution in [-0.4, -0.2) is 41.9 Å². The zero-order valence-corrected chi connectivity index (χ0v) is 15.3. The Labute approximate surface area is 156 Å². The number of rotatable bonds is 9. The molecule has 0 saturated carbocycles. The summed E-state index contributed by atoms with van der Waals surface area (Å²) >= 11 is 1.45. The second kappa shape index (κ2) is 10.5. The Morgan fingerprint density at radius 1 is 1.08 bits per heavy atom. The van der Waals surface area contributed by atoms with Crippen molar-refractivity contribution in [2.24, 2.45) is 0 Å². The van der Waals surface area contributed by atoms with Crippen molar-refractivity contribution in [2.75, 3.05) is 18.9 Å². The molecule has 2 aromatic carbocycles. The third-order valence-corrected chi connectivity index (χ3v) is 4.43. The van der Waals surface area contributed by atoms with Gasteiger partial charge < -0.3 is 20.5 Å². The molecule has 26 heavy (non-hydrogen) atoms. The summed E-state index contributed by atoms with van der Waals surface area (Å²) in [4.78, 5) is 24.3.